The molecular weight excluding hydrogens is 244 g/mol. The summed E-state index contributed by atoms with van der Waals surface area (Å²) < 4.78 is 0. The van der Waals surface area contributed by atoms with E-state index in [1.807, 2.05) is 0 Å². The van der Waals surface area contributed by atoms with Crippen LogP contribution in [-0.4, -0.2) is 16.4 Å². The van der Waals surface area contributed by atoms with Gasteiger partial charge >= 0.3 is 0 Å². The molecule has 0 saturated carbocycles. The molecule has 3 heterocycles. The molecule has 2 aliphatic rings. The third-order valence-corrected chi connectivity index (χ3v) is 5.16. The summed E-state index contributed by atoms with van der Waals surface area (Å²) in [6, 6.07) is 14.0. The van der Waals surface area contributed by atoms with Gasteiger partial charge < -0.3 is 4.98 Å². The Kier molecular flexibility index (Phi) is 2.11. The lowest BCUT2D eigenvalue weighted by Crippen LogP contribution is -2.27. The minimum atomic E-state index is 0.676. The van der Waals surface area contributed by atoms with Crippen LogP contribution in [0.4, 0.5) is 0 Å². The van der Waals surface area contributed by atoms with Gasteiger partial charge in [-0.3, -0.25) is 4.90 Å². The van der Waals surface area contributed by atoms with Gasteiger partial charge in [-0.1, -0.05) is 36.8 Å². The van der Waals surface area contributed by atoms with E-state index < -0.39 is 0 Å². The van der Waals surface area contributed by atoms with Gasteiger partial charge in [-0.2, -0.15) is 0 Å². The van der Waals surface area contributed by atoms with Crippen molar-refractivity contribution in [3.05, 3.63) is 47.5 Å². The van der Waals surface area contributed by atoms with Crippen molar-refractivity contribution in [3.8, 4) is 0 Å². The highest BCUT2D eigenvalue weighted by molar-refractivity contribution is 6.08. The van der Waals surface area contributed by atoms with E-state index in [-0.39, 0.29) is 0 Å². The van der Waals surface area contributed by atoms with Crippen molar-refractivity contribution in [2.24, 2.45) is 0 Å². The van der Waals surface area contributed by atoms with E-state index in [1.54, 1.807) is 11.1 Å². The first kappa shape index (κ1) is 10.9. The predicted octanol–water partition coefficient (Wildman–Crippen LogP) is 4.36. The molecule has 1 saturated heterocycles. The zero-order chi connectivity index (χ0) is 13.1. The monoisotopic (exact) mass is 262 g/mol. The van der Waals surface area contributed by atoms with Crippen LogP contribution in [-0.2, 0) is 6.54 Å². The minimum Gasteiger partial charge on any atom is -0.354 e. The molecule has 2 heteroatoms. The Morgan fingerprint density at radius 1 is 1.00 bits per heavy atom. The third-order valence-electron chi connectivity index (χ3n) is 5.16. The molecule has 1 N–H and O–H groups in total. The van der Waals surface area contributed by atoms with E-state index in [0.29, 0.717) is 6.04 Å². The number of hydrogen-bond acceptors (Lipinski definition) is 1. The van der Waals surface area contributed by atoms with Crippen LogP contribution < -0.4 is 0 Å². The van der Waals surface area contributed by atoms with Crippen LogP contribution in [0.25, 0.3) is 21.8 Å². The van der Waals surface area contributed by atoms with Gasteiger partial charge in [0.1, 0.15) is 0 Å². The van der Waals surface area contributed by atoms with Gasteiger partial charge in [0.25, 0.3) is 0 Å². The molecular formula is C18H18N2. The Hall–Kier alpha value is -1.80. The molecule has 3 aromatic rings. The summed E-state index contributed by atoms with van der Waals surface area (Å²) in [4.78, 5) is 6.33. The van der Waals surface area contributed by atoms with Crippen LogP contribution in [0, 0.1) is 0 Å². The summed E-state index contributed by atoms with van der Waals surface area (Å²) >= 11 is 0. The fourth-order valence-corrected chi connectivity index (χ4v) is 4.21. The molecule has 1 fully saturated rings. The molecule has 0 bridgehead atoms. The lowest BCUT2D eigenvalue weighted by atomic mass is 9.96. The van der Waals surface area contributed by atoms with Crippen LogP contribution in [0.3, 0.4) is 0 Å². The molecule has 1 aromatic heterocycles. The summed E-state index contributed by atoms with van der Waals surface area (Å²) in [6.07, 6.45) is 4.07. The largest absolute Gasteiger partial charge is 0.354 e. The number of nitrogens with one attached hydrogen (secondary N) is 1. The Morgan fingerprint density at radius 2 is 1.95 bits per heavy atom. The quantitative estimate of drug-likeness (QED) is 0.637. The molecule has 2 aliphatic heterocycles. The van der Waals surface area contributed by atoms with E-state index in [9.17, 15) is 0 Å². The molecule has 1 atom stereocenters. The maximum Gasteiger partial charge on any atom is 0.0513 e. The number of nitrogens with zero attached hydrogens (tertiary/aromatic N) is 1. The van der Waals surface area contributed by atoms with Gasteiger partial charge in [0.15, 0.2) is 0 Å². The standard InChI is InChI=1S/C18H18N2/c1-2-6-16-12(5-1)14-9-8-13-15(18(14)19-16)11-20-10-4-3-7-17(13)20/h1-2,5-6,8-9,17,19H,3-4,7,10-11H2. The smallest absolute Gasteiger partial charge is 0.0513 e. The summed E-state index contributed by atoms with van der Waals surface area (Å²) in [5, 5.41) is 2.74. The van der Waals surface area contributed by atoms with Gasteiger partial charge in [-0.05, 0) is 36.6 Å². The lowest BCUT2D eigenvalue weighted by molar-refractivity contribution is 0.164. The number of para-hydroxylation sites is 1. The third kappa shape index (κ3) is 1.32. The van der Waals surface area contributed by atoms with E-state index >= 15 is 0 Å². The minimum absolute atomic E-state index is 0.676. The second-order valence-corrected chi connectivity index (χ2v) is 6.21. The summed E-state index contributed by atoms with van der Waals surface area (Å²) in [5.41, 5.74) is 5.76. The maximum absolute atomic E-state index is 3.66. The van der Waals surface area contributed by atoms with Crippen LogP contribution in [0.5, 0.6) is 0 Å². The van der Waals surface area contributed by atoms with Crippen molar-refractivity contribution < 1.29 is 0 Å². The zero-order valence-electron chi connectivity index (χ0n) is 11.5. The molecule has 0 spiro atoms. The summed E-state index contributed by atoms with van der Waals surface area (Å²) in [7, 11) is 0. The number of H-pyrrole nitrogens is 1. The Labute approximate surface area is 118 Å². The normalized spacial score (nSPS) is 22.3. The number of rotatable bonds is 0. The molecule has 100 valence electrons. The average molecular weight is 262 g/mol. The maximum atomic E-state index is 3.66. The molecule has 5 rings (SSSR count). The highest BCUT2D eigenvalue weighted by Crippen LogP contribution is 2.43. The number of benzene rings is 2. The number of fused-ring (bicyclic) bond motifs is 7. The van der Waals surface area contributed by atoms with Crippen molar-refractivity contribution >= 4 is 21.8 Å². The fourth-order valence-electron chi connectivity index (χ4n) is 4.21. The number of aromatic nitrogens is 1. The van der Waals surface area contributed by atoms with Crippen LogP contribution in [0.1, 0.15) is 36.4 Å². The van der Waals surface area contributed by atoms with Crippen molar-refractivity contribution in [1.82, 2.24) is 9.88 Å². The molecule has 2 aromatic carbocycles. The predicted molar refractivity (Wildman–Crippen MR) is 82.8 cm³/mol. The first-order valence-electron chi connectivity index (χ1n) is 7.68. The topological polar surface area (TPSA) is 19.0 Å². The number of piperidine rings is 1. The summed E-state index contributed by atoms with van der Waals surface area (Å²) in [5.74, 6) is 0. The van der Waals surface area contributed by atoms with Crippen LogP contribution in [0.2, 0.25) is 0 Å². The first-order valence-corrected chi connectivity index (χ1v) is 7.68. The van der Waals surface area contributed by atoms with E-state index in [2.05, 4.69) is 46.3 Å². The summed E-state index contributed by atoms with van der Waals surface area (Å²) in [6.45, 7) is 2.39. The highest BCUT2D eigenvalue weighted by Gasteiger charge is 2.33. The second kappa shape index (κ2) is 3.86. The van der Waals surface area contributed by atoms with Crippen molar-refractivity contribution in [2.75, 3.05) is 6.54 Å². The first-order chi connectivity index (χ1) is 9.92. The molecule has 1 unspecified atom stereocenters. The van der Waals surface area contributed by atoms with Crippen molar-refractivity contribution in [1.29, 1.82) is 0 Å². The van der Waals surface area contributed by atoms with Crippen molar-refractivity contribution in [3.63, 3.8) is 0 Å². The van der Waals surface area contributed by atoms with Crippen LogP contribution >= 0.6 is 0 Å². The van der Waals surface area contributed by atoms with Crippen molar-refractivity contribution in [2.45, 2.75) is 31.8 Å². The average Bonchev–Trinajstić information content (AvgIpc) is 3.05. The van der Waals surface area contributed by atoms with Gasteiger partial charge in [-0.15, -0.1) is 0 Å². The number of aromatic amines is 1. The van der Waals surface area contributed by atoms with E-state index in [0.717, 1.165) is 6.54 Å². The SMILES string of the molecule is c1ccc2c(c1)[nH]c1c3c(ccc12)C1CCCCN1C3. The highest BCUT2D eigenvalue weighted by atomic mass is 15.2. The molecule has 0 aliphatic carbocycles. The number of hydrogen-bond donors (Lipinski definition) is 1. The molecule has 0 radical (unpaired) electrons. The molecule has 20 heavy (non-hydrogen) atoms. The van der Waals surface area contributed by atoms with Crippen LogP contribution in [0.15, 0.2) is 36.4 Å². The Balaban J connectivity index is 1.81. The molecule has 0 amide bonds. The molecule has 2 nitrogen and oxygen atoms in total. The second-order valence-electron chi connectivity index (χ2n) is 6.21. The Morgan fingerprint density at radius 3 is 2.95 bits per heavy atom. The van der Waals surface area contributed by atoms with Gasteiger partial charge in [0.2, 0.25) is 0 Å². The van der Waals surface area contributed by atoms with E-state index in [4.69, 9.17) is 0 Å². The van der Waals surface area contributed by atoms with Gasteiger partial charge in [0, 0.05) is 28.9 Å². The lowest BCUT2D eigenvalue weighted by Gasteiger charge is -2.29. The van der Waals surface area contributed by atoms with Gasteiger partial charge in [-0.25, -0.2) is 0 Å². The van der Waals surface area contributed by atoms with E-state index in [1.165, 1.54) is 47.6 Å². The van der Waals surface area contributed by atoms with Gasteiger partial charge in [0.05, 0.1) is 5.52 Å². The Bertz CT molecular complexity index is 815. The fraction of sp³-hybridized carbons (Fsp3) is 0.333. The zero-order valence-corrected chi connectivity index (χ0v) is 11.5.